The van der Waals surface area contributed by atoms with Crippen LogP contribution >= 0.6 is 0 Å². The van der Waals surface area contributed by atoms with Crippen LogP contribution in [0.15, 0.2) is 48.8 Å². The number of amides is 2. The molecule has 1 fully saturated rings. The number of piperidine rings is 1. The third-order valence-corrected chi connectivity index (χ3v) is 4.54. The molecule has 2 aromatic rings. The van der Waals surface area contributed by atoms with Crippen LogP contribution in [0.2, 0.25) is 0 Å². The summed E-state index contributed by atoms with van der Waals surface area (Å²) in [6.07, 6.45) is 3.86. The van der Waals surface area contributed by atoms with Crippen molar-refractivity contribution in [2.45, 2.75) is 31.9 Å². The molecule has 1 aromatic carbocycles. The molecule has 1 saturated heterocycles. The van der Waals surface area contributed by atoms with Gasteiger partial charge in [-0.3, -0.25) is 14.6 Å². The second-order valence-corrected chi connectivity index (χ2v) is 6.53. The molecule has 3 rings (SSSR count). The number of hydrogen-bond acceptors (Lipinski definition) is 4. The van der Waals surface area contributed by atoms with Crippen molar-refractivity contribution in [2.75, 3.05) is 13.1 Å². The number of hydrogen-bond donors (Lipinski definition) is 1. The van der Waals surface area contributed by atoms with Crippen LogP contribution in [0, 0.1) is 5.82 Å². The molecular formula is C20H22FN3O3. The van der Waals surface area contributed by atoms with Crippen LogP contribution < -0.4 is 10.1 Å². The summed E-state index contributed by atoms with van der Waals surface area (Å²) in [4.78, 5) is 30.4. The Morgan fingerprint density at radius 3 is 2.56 bits per heavy atom. The summed E-state index contributed by atoms with van der Waals surface area (Å²) in [7, 11) is 0. The predicted octanol–water partition coefficient (Wildman–Crippen LogP) is 2.41. The lowest BCUT2D eigenvalue weighted by molar-refractivity contribution is -0.139. The minimum absolute atomic E-state index is 0.0232. The van der Waals surface area contributed by atoms with Crippen LogP contribution in [0.5, 0.6) is 5.75 Å². The van der Waals surface area contributed by atoms with E-state index in [-0.39, 0.29) is 23.7 Å². The zero-order valence-corrected chi connectivity index (χ0v) is 15.1. The first-order valence-corrected chi connectivity index (χ1v) is 8.95. The summed E-state index contributed by atoms with van der Waals surface area (Å²) in [5, 5.41) is 2.99. The van der Waals surface area contributed by atoms with E-state index >= 15 is 0 Å². The summed E-state index contributed by atoms with van der Waals surface area (Å²) in [5.74, 6) is -0.162. The van der Waals surface area contributed by atoms with Crippen molar-refractivity contribution in [3.8, 4) is 5.75 Å². The van der Waals surface area contributed by atoms with E-state index in [0.717, 1.165) is 0 Å². The number of carbonyl (C=O) groups is 2. The molecule has 27 heavy (non-hydrogen) atoms. The van der Waals surface area contributed by atoms with Crippen molar-refractivity contribution in [3.63, 3.8) is 0 Å². The van der Waals surface area contributed by atoms with Gasteiger partial charge in [-0.05, 0) is 56.2 Å². The number of ether oxygens (including phenoxy) is 1. The fourth-order valence-electron chi connectivity index (χ4n) is 3.03. The van der Waals surface area contributed by atoms with Gasteiger partial charge in [0.25, 0.3) is 11.8 Å². The summed E-state index contributed by atoms with van der Waals surface area (Å²) >= 11 is 0. The lowest BCUT2D eigenvalue weighted by Gasteiger charge is -2.33. The fraction of sp³-hybridized carbons (Fsp3) is 0.350. The van der Waals surface area contributed by atoms with E-state index < -0.39 is 6.10 Å². The summed E-state index contributed by atoms with van der Waals surface area (Å²) < 4.78 is 18.5. The smallest absolute Gasteiger partial charge is 0.263 e. The van der Waals surface area contributed by atoms with Crippen molar-refractivity contribution in [1.29, 1.82) is 0 Å². The van der Waals surface area contributed by atoms with Crippen molar-refractivity contribution < 1.29 is 18.7 Å². The number of halogens is 1. The Bertz CT molecular complexity index is 775. The molecule has 0 aliphatic carbocycles. The van der Waals surface area contributed by atoms with Gasteiger partial charge < -0.3 is 15.0 Å². The Morgan fingerprint density at radius 2 is 1.93 bits per heavy atom. The Labute approximate surface area is 157 Å². The number of carbonyl (C=O) groups excluding carboxylic acids is 2. The van der Waals surface area contributed by atoms with Gasteiger partial charge >= 0.3 is 0 Å². The van der Waals surface area contributed by atoms with Crippen LogP contribution in [0.1, 0.15) is 30.1 Å². The topological polar surface area (TPSA) is 71.5 Å². The largest absolute Gasteiger partial charge is 0.481 e. The molecule has 0 spiro atoms. The maximum atomic E-state index is 12.9. The Kier molecular flexibility index (Phi) is 6.01. The lowest BCUT2D eigenvalue weighted by atomic mass is 10.0. The van der Waals surface area contributed by atoms with E-state index in [1.54, 1.807) is 30.2 Å². The maximum absolute atomic E-state index is 12.9. The Balaban J connectivity index is 1.47. The average molecular weight is 371 g/mol. The minimum Gasteiger partial charge on any atom is -0.481 e. The maximum Gasteiger partial charge on any atom is 0.263 e. The molecule has 2 amide bonds. The monoisotopic (exact) mass is 371 g/mol. The van der Waals surface area contributed by atoms with Crippen LogP contribution in [-0.4, -0.2) is 46.9 Å². The number of rotatable bonds is 5. The fourth-order valence-corrected chi connectivity index (χ4v) is 3.03. The molecule has 1 atom stereocenters. The predicted molar refractivity (Wildman–Crippen MR) is 97.8 cm³/mol. The Morgan fingerprint density at radius 1 is 1.22 bits per heavy atom. The highest BCUT2D eigenvalue weighted by molar-refractivity contribution is 5.94. The van der Waals surface area contributed by atoms with Gasteiger partial charge in [-0.15, -0.1) is 0 Å². The summed E-state index contributed by atoms with van der Waals surface area (Å²) in [5.41, 5.74) is 0.525. The second kappa shape index (κ2) is 8.62. The highest BCUT2D eigenvalue weighted by atomic mass is 19.1. The van der Waals surface area contributed by atoms with Gasteiger partial charge in [-0.2, -0.15) is 0 Å². The third-order valence-electron chi connectivity index (χ3n) is 4.54. The second-order valence-electron chi connectivity index (χ2n) is 6.53. The first-order chi connectivity index (χ1) is 13.0. The molecule has 6 nitrogen and oxygen atoms in total. The van der Waals surface area contributed by atoms with E-state index in [1.165, 1.54) is 30.5 Å². The van der Waals surface area contributed by atoms with Gasteiger partial charge in [0.1, 0.15) is 11.6 Å². The SMILES string of the molecule is C[C@H](Oc1ccc(F)cc1)C(=O)N1CCC(NC(=O)c2cccnc2)CC1. The molecule has 1 aromatic heterocycles. The quantitative estimate of drug-likeness (QED) is 0.876. The average Bonchev–Trinajstić information content (AvgIpc) is 2.70. The van der Waals surface area contributed by atoms with Gasteiger partial charge in [0, 0.05) is 31.5 Å². The van der Waals surface area contributed by atoms with Crippen molar-refractivity contribution in [2.24, 2.45) is 0 Å². The number of likely N-dealkylation sites (tertiary alicyclic amines) is 1. The number of nitrogens with one attached hydrogen (secondary N) is 1. The first kappa shape index (κ1) is 18.8. The van der Waals surface area contributed by atoms with Gasteiger partial charge in [0.15, 0.2) is 6.10 Å². The van der Waals surface area contributed by atoms with E-state index in [0.29, 0.717) is 37.2 Å². The van der Waals surface area contributed by atoms with Gasteiger partial charge in [0.2, 0.25) is 0 Å². The van der Waals surface area contributed by atoms with Crippen molar-refractivity contribution in [1.82, 2.24) is 15.2 Å². The minimum atomic E-state index is -0.656. The van der Waals surface area contributed by atoms with E-state index in [1.807, 2.05) is 0 Å². The van der Waals surface area contributed by atoms with Crippen LogP contribution in [-0.2, 0) is 4.79 Å². The Hall–Kier alpha value is -2.96. The molecule has 1 N–H and O–H groups in total. The summed E-state index contributed by atoms with van der Waals surface area (Å²) in [6.45, 7) is 2.78. The van der Waals surface area contributed by atoms with Gasteiger partial charge in [-0.25, -0.2) is 4.39 Å². The molecular weight excluding hydrogens is 349 g/mol. The summed E-state index contributed by atoms with van der Waals surface area (Å²) in [6, 6.07) is 9.05. The molecule has 0 unspecified atom stereocenters. The molecule has 0 bridgehead atoms. The molecule has 1 aliphatic rings. The molecule has 142 valence electrons. The number of nitrogens with zero attached hydrogens (tertiary/aromatic N) is 2. The normalized spacial score (nSPS) is 15.9. The molecule has 1 aliphatic heterocycles. The molecule has 2 heterocycles. The zero-order valence-electron chi connectivity index (χ0n) is 15.1. The molecule has 7 heteroatoms. The third kappa shape index (κ3) is 5.03. The standard InChI is InChI=1S/C20H22FN3O3/c1-14(27-18-6-4-16(21)5-7-18)20(26)24-11-8-17(9-12-24)23-19(25)15-3-2-10-22-13-15/h2-7,10,13-14,17H,8-9,11-12H2,1H3,(H,23,25)/t14-/m0/s1. The van der Waals surface area contributed by atoms with Gasteiger partial charge in [-0.1, -0.05) is 0 Å². The van der Waals surface area contributed by atoms with Crippen LogP contribution in [0.3, 0.4) is 0 Å². The highest BCUT2D eigenvalue weighted by Gasteiger charge is 2.27. The first-order valence-electron chi connectivity index (χ1n) is 8.95. The van der Waals surface area contributed by atoms with E-state index in [2.05, 4.69) is 10.3 Å². The highest BCUT2D eigenvalue weighted by Crippen LogP contribution is 2.17. The number of aromatic nitrogens is 1. The molecule has 0 saturated carbocycles. The van der Waals surface area contributed by atoms with E-state index in [4.69, 9.17) is 4.74 Å². The number of benzene rings is 1. The van der Waals surface area contributed by atoms with Gasteiger partial charge in [0.05, 0.1) is 5.56 Å². The number of pyridine rings is 1. The zero-order chi connectivity index (χ0) is 19.2. The molecule has 0 radical (unpaired) electrons. The van der Waals surface area contributed by atoms with E-state index in [9.17, 15) is 14.0 Å². The van der Waals surface area contributed by atoms with Crippen molar-refractivity contribution >= 4 is 11.8 Å². The van der Waals surface area contributed by atoms with Crippen molar-refractivity contribution in [3.05, 3.63) is 60.2 Å². The van der Waals surface area contributed by atoms with Crippen LogP contribution in [0.25, 0.3) is 0 Å². The lowest BCUT2D eigenvalue weighted by Crippen LogP contribution is -2.49. The van der Waals surface area contributed by atoms with Crippen LogP contribution in [0.4, 0.5) is 4.39 Å².